The summed E-state index contributed by atoms with van der Waals surface area (Å²) in [6.07, 6.45) is 0.492. The number of rotatable bonds is 7. The molecule has 0 unspecified atom stereocenters. The molecule has 0 aliphatic carbocycles. The molecule has 1 rings (SSSR count). The number of benzene rings is 1. The van der Waals surface area contributed by atoms with Crippen molar-refractivity contribution in [2.24, 2.45) is 0 Å². The molecule has 0 aliphatic heterocycles. The first kappa shape index (κ1) is 14.1. The van der Waals surface area contributed by atoms with Crippen LogP contribution in [0.1, 0.15) is 12.0 Å². The molecular weight excluding hydrogens is 232 g/mol. The second-order valence-electron chi connectivity index (χ2n) is 4.05. The fraction of sp³-hybridized carbons (Fsp3) is 0.462. The van der Waals surface area contributed by atoms with E-state index in [1.165, 1.54) is 5.56 Å². The number of likely N-dealkylation sites (N-methyl/N-ethyl adjacent to an activating group) is 1. The van der Waals surface area contributed by atoms with Crippen LogP contribution in [0.4, 0.5) is 0 Å². The van der Waals surface area contributed by atoms with Gasteiger partial charge in [-0.2, -0.15) is 12.6 Å². The maximum Gasteiger partial charge on any atom is 0.220 e. The van der Waals surface area contributed by atoms with E-state index in [0.717, 1.165) is 13.1 Å². The summed E-state index contributed by atoms with van der Waals surface area (Å²) in [5.74, 6) is 0.680. The van der Waals surface area contributed by atoms with Gasteiger partial charge in [0.15, 0.2) is 0 Å². The second-order valence-corrected chi connectivity index (χ2v) is 4.49. The zero-order chi connectivity index (χ0) is 12.5. The van der Waals surface area contributed by atoms with Crippen LogP contribution in [-0.4, -0.2) is 36.7 Å². The molecule has 0 aromatic heterocycles. The van der Waals surface area contributed by atoms with Gasteiger partial charge in [0, 0.05) is 26.1 Å². The Balaban J connectivity index is 2.17. The lowest BCUT2D eigenvalue weighted by Crippen LogP contribution is -2.32. The van der Waals surface area contributed by atoms with Crippen LogP contribution in [0.3, 0.4) is 0 Å². The number of carbonyl (C=O) groups is 1. The van der Waals surface area contributed by atoms with Crippen LogP contribution in [0.2, 0.25) is 0 Å². The van der Waals surface area contributed by atoms with E-state index in [0.29, 0.717) is 18.7 Å². The molecular formula is C13H20N2OS. The molecule has 17 heavy (non-hydrogen) atoms. The SMILES string of the molecule is CN(CCNC(=O)CCS)Cc1ccccc1. The Kier molecular flexibility index (Phi) is 6.74. The Hall–Kier alpha value is -1.00. The smallest absolute Gasteiger partial charge is 0.220 e. The summed E-state index contributed by atoms with van der Waals surface area (Å²) in [4.78, 5) is 13.4. The number of carbonyl (C=O) groups excluding carboxylic acids is 1. The van der Waals surface area contributed by atoms with Gasteiger partial charge in [0.1, 0.15) is 0 Å². The van der Waals surface area contributed by atoms with Gasteiger partial charge in [-0.05, 0) is 18.4 Å². The van der Waals surface area contributed by atoms with Crippen molar-refractivity contribution in [2.75, 3.05) is 25.9 Å². The van der Waals surface area contributed by atoms with Crippen LogP contribution in [0.25, 0.3) is 0 Å². The third kappa shape index (κ3) is 6.34. The lowest BCUT2D eigenvalue weighted by molar-refractivity contribution is -0.120. The number of nitrogens with one attached hydrogen (secondary N) is 1. The maximum atomic E-state index is 11.2. The maximum absolute atomic E-state index is 11.2. The Morgan fingerprint density at radius 1 is 1.35 bits per heavy atom. The average molecular weight is 252 g/mol. The van der Waals surface area contributed by atoms with Crippen molar-refractivity contribution in [3.63, 3.8) is 0 Å². The highest BCUT2D eigenvalue weighted by Crippen LogP contribution is 2.01. The quantitative estimate of drug-likeness (QED) is 0.722. The van der Waals surface area contributed by atoms with Crippen molar-refractivity contribution in [3.05, 3.63) is 35.9 Å². The van der Waals surface area contributed by atoms with Crippen molar-refractivity contribution in [2.45, 2.75) is 13.0 Å². The number of hydrogen-bond acceptors (Lipinski definition) is 3. The lowest BCUT2D eigenvalue weighted by atomic mass is 10.2. The van der Waals surface area contributed by atoms with Gasteiger partial charge in [-0.1, -0.05) is 30.3 Å². The van der Waals surface area contributed by atoms with Crippen LogP contribution in [-0.2, 0) is 11.3 Å². The van der Waals surface area contributed by atoms with Gasteiger partial charge in [-0.3, -0.25) is 4.79 Å². The number of nitrogens with zero attached hydrogens (tertiary/aromatic N) is 1. The number of hydrogen-bond donors (Lipinski definition) is 2. The largest absolute Gasteiger partial charge is 0.355 e. The molecule has 0 heterocycles. The average Bonchev–Trinajstić information content (AvgIpc) is 2.30. The van der Waals surface area contributed by atoms with Crippen molar-refractivity contribution in [1.82, 2.24) is 10.2 Å². The highest BCUT2D eigenvalue weighted by molar-refractivity contribution is 7.80. The van der Waals surface area contributed by atoms with Crippen LogP contribution >= 0.6 is 12.6 Å². The molecule has 3 nitrogen and oxygen atoms in total. The molecule has 0 aliphatic rings. The molecule has 1 N–H and O–H groups in total. The minimum atomic E-state index is 0.0770. The molecule has 0 saturated heterocycles. The zero-order valence-electron chi connectivity index (χ0n) is 10.2. The van der Waals surface area contributed by atoms with Gasteiger partial charge in [0.05, 0.1) is 0 Å². The van der Waals surface area contributed by atoms with E-state index in [4.69, 9.17) is 0 Å². The fourth-order valence-electron chi connectivity index (χ4n) is 1.55. The van der Waals surface area contributed by atoms with Crippen LogP contribution in [0.15, 0.2) is 30.3 Å². The minimum absolute atomic E-state index is 0.0770. The molecule has 0 bridgehead atoms. The van der Waals surface area contributed by atoms with Gasteiger partial charge >= 0.3 is 0 Å². The van der Waals surface area contributed by atoms with E-state index in [2.05, 4.69) is 42.0 Å². The predicted molar refractivity (Wildman–Crippen MR) is 74.3 cm³/mol. The first-order chi connectivity index (χ1) is 8.22. The third-order valence-corrected chi connectivity index (χ3v) is 2.67. The van der Waals surface area contributed by atoms with E-state index in [9.17, 15) is 4.79 Å². The Labute approximate surface area is 109 Å². The van der Waals surface area contributed by atoms with E-state index in [-0.39, 0.29) is 5.91 Å². The molecule has 0 fully saturated rings. The zero-order valence-corrected chi connectivity index (χ0v) is 11.1. The molecule has 1 amide bonds. The summed E-state index contributed by atoms with van der Waals surface area (Å²) in [7, 11) is 2.05. The van der Waals surface area contributed by atoms with Gasteiger partial charge in [-0.25, -0.2) is 0 Å². The molecule has 0 radical (unpaired) electrons. The monoisotopic (exact) mass is 252 g/mol. The van der Waals surface area contributed by atoms with Gasteiger partial charge in [0.2, 0.25) is 5.91 Å². The van der Waals surface area contributed by atoms with Crippen molar-refractivity contribution >= 4 is 18.5 Å². The third-order valence-electron chi connectivity index (χ3n) is 2.45. The molecule has 1 aromatic rings. The minimum Gasteiger partial charge on any atom is -0.355 e. The van der Waals surface area contributed by atoms with E-state index in [1.54, 1.807) is 0 Å². The summed E-state index contributed by atoms with van der Waals surface area (Å²) < 4.78 is 0. The van der Waals surface area contributed by atoms with Gasteiger partial charge in [-0.15, -0.1) is 0 Å². The van der Waals surface area contributed by atoms with Crippen molar-refractivity contribution < 1.29 is 4.79 Å². The lowest BCUT2D eigenvalue weighted by Gasteiger charge is -2.16. The van der Waals surface area contributed by atoms with Gasteiger partial charge < -0.3 is 10.2 Å². The summed E-state index contributed by atoms with van der Waals surface area (Å²) in [5, 5.41) is 2.87. The first-order valence-electron chi connectivity index (χ1n) is 5.82. The van der Waals surface area contributed by atoms with E-state index < -0.39 is 0 Å². The highest BCUT2D eigenvalue weighted by atomic mass is 32.1. The normalized spacial score (nSPS) is 10.5. The second kappa shape index (κ2) is 8.14. The number of amides is 1. The van der Waals surface area contributed by atoms with Gasteiger partial charge in [0.25, 0.3) is 0 Å². The topological polar surface area (TPSA) is 32.3 Å². The van der Waals surface area contributed by atoms with E-state index >= 15 is 0 Å². The molecule has 4 heteroatoms. The Bertz CT molecular complexity index is 329. The molecule has 0 saturated carbocycles. The van der Waals surface area contributed by atoms with Crippen LogP contribution in [0.5, 0.6) is 0 Å². The highest BCUT2D eigenvalue weighted by Gasteiger charge is 2.01. The fourth-order valence-corrected chi connectivity index (χ4v) is 1.75. The predicted octanol–water partition coefficient (Wildman–Crippen LogP) is 1.55. The molecule has 0 atom stereocenters. The summed E-state index contributed by atoms with van der Waals surface area (Å²) in [6.45, 7) is 2.45. The number of thiol groups is 1. The van der Waals surface area contributed by atoms with Crippen molar-refractivity contribution in [3.8, 4) is 0 Å². The van der Waals surface area contributed by atoms with E-state index in [1.807, 2.05) is 18.2 Å². The Morgan fingerprint density at radius 3 is 2.71 bits per heavy atom. The van der Waals surface area contributed by atoms with Crippen LogP contribution in [0, 0.1) is 0 Å². The van der Waals surface area contributed by atoms with Crippen molar-refractivity contribution in [1.29, 1.82) is 0 Å². The summed E-state index contributed by atoms with van der Waals surface area (Å²) in [6, 6.07) is 10.3. The first-order valence-corrected chi connectivity index (χ1v) is 6.45. The summed E-state index contributed by atoms with van der Waals surface area (Å²) >= 11 is 4.02. The Morgan fingerprint density at radius 2 is 2.06 bits per heavy atom. The standard InChI is InChI=1S/C13H20N2OS/c1-15(9-8-14-13(16)7-10-17)11-12-5-3-2-4-6-12/h2-6,17H,7-11H2,1H3,(H,14,16). The molecule has 1 aromatic carbocycles. The summed E-state index contributed by atoms with van der Waals surface area (Å²) in [5.41, 5.74) is 1.29. The molecule has 0 spiro atoms. The molecule has 94 valence electrons. The van der Waals surface area contributed by atoms with Crippen LogP contribution < -0.4 is 5.32 Å².